The smallest absolute Gasteiger partial charge is 0.164 e. The molecule has 0 N–H and O–H groups in total. The predicted octanol–water partition coefficient (Wildman–Crippen LogP) is 11.5. The Morgan fingerprint density at radius 3 is 1.62 bits per heavy atom. The first-order valence-corrected chi connectivity index (χ1v) is 16.0. The Bertz CT molecular complexity index is 3250. The van der Waals surface area contributed by atoms with Crippen LogP contribution in [0.25, 0.3) is 94.7 Å². The number of benzene rings is 7. The molecular formula is C45H28N4O. The van der Waals surface area contributed by atoms with E-state index in [2.05, 4.69) is 24.3 Å². The van der Waals surface area contributed by atoms with Crippen molar-refractivity contribution in [1.29, 1.82) is 0 Å². The van der Waals surface area contributed by atoms with Crippen molar-refractivity contribution in [3.8, 4) is 51.0 Å². The SMILES string of the molecule is [2H]c1c([2H])c([2H])c2c(c1[2H])c1c([2H])c([2H])c([2H])c([2H])c1n2-c1ccc2oc3ccc(-c4nc(-c5ccccc5)nc(-c5cccc(-c6ccccc6)c5)n4)cc3c2c1. The maximum absolute atomic E-state index is 8.93. The van der Waals surface area contributed by atoms with Gasteiger partial charge in [-0.05, 0) is 65.7 Å². The van der Waals surface area contributed by atoms with Crippen LogP contribution in [-0.2, 0) is 0 Å². The van der Waals surface area contributed by atoms with Gasteiger partial charge >= 0.3 is 0 Å². The van der Waals surface area contributed by atoms with Gasteiger partial charge in [-0.3, -0.25) is 0 Å². The van der Waals surface area contributed by atoms with Crippen LogP contribution in [-0.4, -0.2) is 19.5 Å². The van der Waals surface area contributed by atoms with E-state index >= 15 is 0 Å². The summed E-state index contributed by atoms with van der Waals surface area (Å²) in [6, 6.07) is 35.4. The van der Waals surface area contributed by atoms with Crippen molar-refractivity contribution in [2.75, 3.05) is 0 Å². The lowest BCUT2D eigenvalue weighted by molar-refractivity contribution is 0.669. The van der Waals surface area contributed by atoms with Crippen LogP contribution in [0.3, 0.4) is 0 Å². The highest BCUT2D eigenvalue weighted by Gasteiger charge is 2.17. The maximum atomic E-state index is 8.93. The van der Waals surface area contributed by atoms with E-state index in [4.69, 9.17) is 30.3 Å². The summed E-state index contributed by atoms with van der Waals surface area (Å²) in [5, 5.41) is 1.41. The van der Waals surface area contributed by atoms with Crippen LogP contribution in [0.2, 0.25) is 0 Å². The molecule has 3 heterocycles. The van der Waals surface area contributed by atoms with Crippen molar-refractivity contribution in [1.82, 2.24) is 19.5 Å². The Morgan fingerprint density at radius 2 is 0.940 bits per heavy atom. The molecule has 3 aromatic heterocycles. The molecule has 5 nitrogen and oxygen atoms in total. The third kappa shape index (κ3) is 4.67. The van der Waals surface area contributed by atoms with Gasteiger partial charge < -0.3 is 8.98 Å². The topological polar surface area (TPSA) is 56.7 Å². The minimum Gasteiger partial charge on any atom is -0.456 e. The molecular weight excluding hydrogens is 613 g/mol. The van der Waals surface area contributed by atoms with Gasteiger partial charge in [-0.2, -0.15) is 0 Å². The molecule has 0 fully saturated rings. The van der Waals surface area contributed by atoms with Crippen LogP contribution in [0.15, 0.2) is 174 Å². The summed E-state index contributed by atoms with van der Waals surface area (Å²) in [7, 11) is 0. The van der Waals surface area contributed by atoms with Crippen molar-refractivity contribution in [2.24, 2.45) is 0 Å². The van der Waals surface area contributed by atoms with E-state index in [0.717, 1.165) is 22.3 Å². The molecule has 5 heteroatoms. The first kappa shape index (κ1) is 21.2. The lowest BCUT2D eigenvalue weighted by Crippen LogP contribution is -2.00. The zero-order valence-corrected chi connectivity index (χ0v) is 26.2. The van der Waals surface area contributed by atoms with E-state index in [-0.39, 0.29) is 46.0 Å². The Balaban J connectivity index is 1.19. The molecule has 0 aliphatic carbocycles. The second-order valence-corrected chi connectivity index (χ2v) is 11.9. The van der Waals surface area contributed by atoms with E-state index < -0.39 is 24.2 Å². The Hall–Kier alpha value is -6.85. The van der Waals surface area contributed by atoms with Crippen molar-refractivity contribution in [3.05, 3.63) is 170 Å². The van der Waals surface area contributed by atoms with Gasteiger partial charge in [0.2, 0.25) is 0 Å². The molecule has 7 aromatic carbocycles. The number of fused-ring (bicyclic) bond motifs is 6. The molecule has 0 saturated carbocycles. The lowest BCUT2D eigenvalue weighted by atomic mass is 10.0. The van der Waals surface area contributed by atoms with Gasteiger partial charge in [-0.1, -0.05) is 115 Å². The summed E-state index contributed by atoms with van der Waals surface area (Å²) in [4.78, 5) is 14.9. The van der Waals surface area contributed by atoms with Gasteiger partial charge in [0, 0.05) is 43.9 Å². The number of furan rings is 1. The summed E-state index contributed by atoms with van der Waals surface area (Å²) in [5.41, 5.74) is 6.07. The molecule has 0 bridgehead atoms. The highest BCUT2D eigenvalue weighted by Crippen LogP contribution is 2.37. The van der Waals surface area contributed by atoms with Crippen LogP contribution >= 0.6 is 0 Å². The third-order valence-electron chi connectivity index (χ3n) is 8.90. The van der Waals surface area contributed by atoms with Crippen LogP contribution in [0.5, 0.6) is 0 Å². The number of aromatic nitrogens is 4. The van der Waals surface area contributed by atoms with Gasteiger partial charge in [0.1, 0.15) is 11.2 Å². The molecule has 0 radical (unpaired) electrons. The number of para-hydroxylation sites is 2. The molecule has 50 heavy (non-hydrogen) atoms. The summed E-state index contributed by atoms with van der Waals surface area (Å²) < 4.78 is 77.0. The van der Waals surface area contributed by atoms with Crippen LogP contribution < -0.4 is 0 Å². The molecule has 10 aromatic rings. The number of hydrogen-bond donors (Lipinski definition) is 0. The monoisotopic (exact) mass is 648 g/mol. The van der Waals surface area contributed by atoms with Gasteiger partial charge in [-0.25, -0.2) is 15.0 Å². The highest BCUT2D eigenvalue weighted by molar-refractivity contribution is 6.11. The van der Waals surface area contributed by atoms with Gasteiger partial charge in [-0.15, -0.1) is 0 Å². The molecule has 10 rings (SSSR count). The van der Waals surface area contributed by atoms with Crippen molar-refractivity contribution < 1.29 is 15.4 Å². The molecule has 234 valence electrons. The second-order valence-electron chi connectivity index (χ2n) is 11.9. The van der Waals surface area contributed by atoms with E-state index in [1.165, 1.54) is 4.57 Å². The molecule has 0 atom stereocenters. The fourth-order valence-electron chi connectivity index (χ4n) is 6.54. The van der Waals surface area contributed by atoms with E-state index in [9.17, 15) is 0 Å². The van der Waals surface area contributed by atoms with E-state index in [0.29, 0.717) is 50.7 Å². The standard InChI is InChI=1S/C45H28N4O/c1-3-12-29(13-4-1)31-16-11-17-32(26-31)44-46-43(30-14-5-2-6-15-30)47-45(48-44)33-22-24-41-37(27-33)38-28-34(23-25-42(38)50-41)49-39-20-9-7-18-35(39)36-19-8-10-21-40(36)49/h1-28H/i7D,8D,9D,10D,18D,19D,20D,21D. The first-order chi connectivity index (χ1) is 28.1. The zero-order chi connectivity index (χ0) is 40.0. The van der Waals surface area contributed by atoms with Crippen LogP contribution in [0, 0.1) is 0 Å². The minimum atomic E-state index is -0.492. The Kier molecular flexibility index (Phi) is 4.83. The zero-order valence-electron chi connectivity index (χ0n) is 34.2. The van der Waals surface area contributed by atoms with Crippen molar-refractivity contribution in [3.63, 3.8) is 0 Å². The Labute approximate surface area is 299 Å². The fourth-order valence-corrected chi connectivity index (χ4v) is 6.54. The summed E-state index contributed by atoms with van der Waals surface area (Å²) in [6.45, 7) is 0. The molecule has 0 unspecified atom stereocenters. The third-order valence-corrected chi connectivity index (χ3v) is 8.90. The van der Waals surface area contributed by atoms with Crippen molar-refractivity contribution >= 4 is 43.7 Å². The minimum absolute atomic E-state index is 0.0154. The summed E-state index contributed by atoms with van der Waals surface area (Å²) in [5.74, 6) is 1.45. The van der Waals surface area contributed by atoms with Crippen LogP contribution in [0.1, 0.15) is 11.0 Å². The quantitative estimate of drug-likeness (QED) is 0.186. The molecule has 0 aliphatic heterocycles. The average molecular weight is 649 g/mol. The molecule has 0 aliphatic rings. The first-order valence-electron chi connectivity index (χ1n) is 20.0. The normalized spacial score (nSPS) is 13.8. The summed E-state index contributed by atoms with van der Waals surface area (Å²) >= 11 is 0. The molecule has 0 spiro atoms. The number of hydrogen-bond acceptors (Lipinski definition) is 4. The molecule has 0 amide bonds. The fraction of sp³-hybridized carbons (Fsp3) is 0. The maximum Gasteiger partial charge on any atom is 0.164 e. The summed E-state index contributed by atoms with van der Waals surface area (Å²) in [6.07, 6.45) is 0. The largest absolute Gasteiger partial charge is 0.456 e. The van der Waals surface area contributed by atoms with Gasteiger partial charge in [0.05, 0.1) is 22.0 Å². The highest BCUT2D eigenvalue weighted by atomic mass is 16.3. The average Bonchev–Trinajstić information content (AvgIpc) is 3.83. The number of rotatable bonds is 5. The molecule has 0 saturated heterocycles. The van der Waals surface area contributed by atoms with Crippen molar-refractivity contribution in [2.45, 2.75) is 0 Å². The number of nitrogens with zero attached hydrogens (tertiary/aromatic N) is 4. The van der Waals surface area contributed by atoms with Gasteiger partial charge in [0.25, 0.3) is 0 Å². The predicted molar refractivity (Wildman–Crippen MR) is 203 cm³/mol. The second kappa shape index (κ2) is 11.4. The Morgan fingerprint density at radius 1 is 0.420 bits per heavy atom. The van der Waals surface area contributed by atoms with Gasteiger partial charge in [0.15, 0.2) is 17.5 Å². The van der Waals surface area contributed by atoms with Crippen LogP contribution in [0.4, 0.5) is 0 Å². The lowest BCUT2D eigenvalue weighted by Gasteiger charge is -2.10. The van der Waals surface area contributed by atoms with E-state index in [1.807, 2.05) is 78.9 Å². The van der Waals surface area contributed by atoms with E-state index in [1.54, 1.807) is 18.2 Å².